The quantitative estimate of drug-likeness (QED) is 0.598. The van der Waals surface area contributed by atoms with Crippen molar-refractivity contribution < 1.29 is 9.47 Å². The third-order valence-electron chi connectivity index (χ3n) is 4.38. The fourth-order valence-electron chi connectivity index (χ4n) is 2.99. The SMILES string of the molecule is COc1cc(O[C@H]2CCNC2)ccc1-c1cc(Nc2cnc(C#N)cn2)n[nH]1. The molecule has 28 heavy (non-hydrogen) atoms. The van der Waals surface area contributed by atoms with Gasteiger partial charge in [0.25, 0.3) is 0 Å². The Bertz CT molecular complexity index is 988. The zero-order valence-electron chi connectivity index (χ0n) is 15.3. The summed E-state index contributed by atoms with van der Waals surface area (Å²) in [5, 5.41) is 22.3. The molecule has 142 valence electrons. The molecule has 3 N–H and O–H groups in total. The lowest BCUT2D eigenvalue weighted by Crippen LogP contribution is -2.19. The van der Waals surface area contributed by atoms with E-state index in [1.165, 1.54) is 12.4 Å². The van der Waals surface area contributed by atoms with Crippen LogP contribution in [0.3, 0.4) is 0 Å². The Hall–Kier alpha value is -3.64. The van der Waals surface area contributed by atoms with Crippen LogP contribution in [-0.2, 0) is 0 Å². The van der Waals surface area contributed by atoms with Crippen LogP contribution in [0.5, 0.6) is 11.5 Å². The van der Waals surface area contributed by atoms with E-state index < -0.39 is 0 Å². The number of methoxy groups -OCH3 is 1. The molecule has 1 aliphatic heterocycles. The summed E-state index contributed by atoms with van der Waals surface area (Å²) in [6.07, 6.45) is 4.07. The smallest absolute Gasteiger partial charge is 0.158 e. The molecule has 0 spiro atoms. The molecular formula is C19H19N7O2. The number of nitriles is 1. The minimum atomic E-state index is 0.187. The lowest BCUT2D eigenvalue weighted by Gasteiger charge is -2.14. The number of aromatic amines is 1. The number of nitrogens with one attached hydrogen (secondary N) is 3. The Morgan fingerprint density at radius 3 is 2.86 bits per heavy atom. The summed E-state index contributed by atoms with van der Waals surface area (Å²) in [6, 6.07) is 9.53. The maximum Gasteiger partial charge on any atom is 0.158 e. The number of anilines is 2. The van der Waals surface area contributed by atoms with Crippen LogP contribution in [0.4, 0.5) is 11.6 Å². The predicted molar refractivity (Wildman–Crippen MR) is 103 cm³/mol. The number of rotatable bonds is 6. The third-order valence-corrected chi connectivity index (χ3v) is 4.38. The molecule has 2 aromatic heterocycles. The molecule has 9 nitrogen and oxygen atoms in total. The molecule has 0 amide bonds. The molecule has 3 heterocycles. The van der Waals surface area contributed by atoms with E-state index in [0.29, 0.717) is 17.4 Å². The first kappa shape index (κ1) is 17.8. The fraction of sp³-hybridized carbons (Fsp3) is 0.263. The molecular weight excluding hydrogens is 358 g/mol. The molecule has 9 heteroatoms. The Morgan fingerprint density at radius 1 is 1.21 bits per heavy atom. The highest BCUT2D eigenvalue weighted by molar-refractivity contribution is 5.71. The number of hydrogen-bond acceptors (Lipinski definition) is 8. The van der Waals surface area contributed by atoms with E-state index in [9.17, 15) is 0 Å². The van der Waals surface area contributed by atoms with Gasteiger partial charge in [-0.2, -0.15) is 10.4 Å². The van der Waals surface area contributed by atoms with Crippen molar-refractivity contribution in [1.29, 1.82) is 5.26 Å². The summed E-state index contributed by atoms with van der Waals surface area (Å²) in [4.78, 5) is 8.10. The van der Waals surface area contributed by atoms with Gasteiger partial charge in [-0.3, -0.25) is 5.10 Å². The van der Waals surface area contributed by atoms with Crippen LogP contribution in [0.1, 0.15) is 12.1 Å². The van der Waals surface area contributed by atoms with Crippen LogP contribution < -0.4 is 20.1 Å². The Labute approximate surface area is 161 Å². The summed E-state index contributed by atoms with van der Waals surface area (Å²) < 4.78 is 11.5. The summed E-state index contributed by atoms with van der Waals surface area (Å²) in [6.45, 7) is 1.84. The second-order valence-corrected chi connectivity index (χ2v) is 6.29. The minimum absolute atomic E-state index is 0.187. The van der Waals surface area contributed by atoms with E-state index in [-0.39, 0.29) is 11.8 Å². The number of ether oxygens (including phenoxy) is 2. The van der Waals surface area contributed by atoms with E-state index in [2.05, 4.69) is 30.8 Å². The van der Waals surface area contributed by atoms with Gasteiger partial charge in [-0.15, -0.1) is 0 Å². The Morgan fingerprint density at radius 2 is 2.14 bits per heavy atom. The predicted octanol–water partition coefficient (Wildman–Crippen LogP) is 2.23. The van der Waals surface area contributed by atoms with Crippen LogP contribution in [-0.4, -0.2) is 46.5 Å². The highest BCUT2D eigenvalue weighted by Crippen LogP contribution is 2.34. The van der Waals surface area contributed by atoms with Gasteiger partial charge in [0.05, 0.1) is 25.2 Å². The second kappa shape index (κ2) is 7.94. The zero-order valence-corrected chi connectivity index (χ0v) is 15.3. The lowest BCUT2D eigenvalue weighted by molar-refractivity contribution is 0.222. The first-order valence-electron chi connectivity index (χ1n) is 8.85. The molecule has 0 unspecified atom stereocenters. The van der Waals surface area contributed by atoms with Gasteiger partial charge in [0.15, 0.2) is 11.5 Å². The van der Waals surface area contributed by atoms with Crippen LogP contribution in [0.15, 0.2) is 36.7 Å². The molecule has 0 bridgehead atoms. The van der Waals surface area contributed by atoms with E-state index in [0.717, 1.165) is 36.5 Å². The standard InChI is InChI=1S/C19H19N7O2/c1-27-17-6-13(28-14-4-5-21-10-14)2-3-15(17)16-7-18(26-25-16)24-19-11-22-12(8-20)9-23-19/h2-3,6-7,9,11,14,21H,4-5,10H2,1H3,(H2,23,24,25,26)/t14-/m0/s1. The van der Waals surface area contributed by atoms with Gasteiger partial charge in [0, 0.05) is 24.2 Å². The molecule has 0 aliphatic carbocycles. The normalized spacial score (nSPS) is 15.8. The maximum absolute atomic E-state index is 8.78. The van der Waals surface area contributed by atoms with Crippen molar-refractivity contribution in [2.24, 2.45) is 0 Å². The van der Waals surface area contributed by atoms with Crippen LogP contribution in [0, 0.1) is 11.3 Å². The van der Waals surface area contributed by atoms with Gasteiger partial charge < -0.3 is 20.1 Å². The van der Waals surface area contributed by atoms with Crippen molar-refractivity contribution in [2.75, 3.05) is 25.5 Å². The number of H-pyrrole nitrogens is 1. The van der Waals surface area contributed by atoms with Gasteiger partial charge in [0.2, 0.25) is 0 Å². The molecule has 4 rings (SSSR count). The summed E-state index contributed by atoms with van der Waals surface area (Å²) in [7, 11) is 1.63. The minimum Gasteiger partial charge on any atom is -0.496 e. The monoisotopic (exact) mass is 377 g/mol. The summed E-state index contributed by atoms with van der Waals surface area (Å²) in [5.74, 6) is 2.54. The van der Waals surface area contributed by atoms with Gasteiger partial charge in [-0.05, 0) is 25.1 Å². The number of aromatic nitrogens is 4. The molecule has 1 aliphatic rings. The van der Waals surface area contributed by atoms with Crippen molar-refractivity contribution in [2.45, 2.75) is 12.5 Å². The van der Waals surface area contributed by atoms with Crippen molar-refractivity contribution in [3.05, 3.63) is 42.4 Å². The van der Waals surface area contributed by atoms with E-state index in [1.54, 1.807) is 7.11 Å². The fourth-order valence-corrected chi connectivity index (χ4v) is 2.99. The van der Waals surface area contributed by atoms with Crippen molar-refractivity contribution in [1.82, 2.24) is 25.5 Å². The highest BCUT2D eigenvalue weighted by Gasteiger charge is 2.17. The van der Waals surface area contributed by atoms with Crippen LogP contribution >= 0.6 is 0 Å². The zero-order chi connectivity index (χ0) is 19.3. The summed E-state index contributed by atoms with van der Waals surface area (Å²) in [5.41, 5.74) is 1.91. The molecule has 0 saturated carbocycles. The summed E-state index contributed by atoms with van der Waals surface area (Å²) >= 11 is 0. The molecule has 1 saturated heterocycles. The van der Waals surface area contributed by atoms with Gasteiger partial charge in [0.1, 0.15) is 29.5 Å². The van der Waals surface area contributed by atoms with E-state index in [4.69, 9.17) is 14.7 Å². The van der Waals surface area contributed by atoms with E-state index >= 15 is 0 Å². The first-order chi connectivity index (χ1) is 13.7. The van der Waals surface area contributed by atoms with Crippen molar-refractivity contribution in [3.8, 4) is 28.8 Å². The van der Waals surface area contributed by atoms with Crippen LogP contribution in [0.25, 0.3) is 11.3 Å². The molecule has 1 aromatic carbocycles. The number of hydrogen-bond donors (Lipinski definition) is 3. The Balaban J connectivity index is 1.51. The van der Waals surface area contributed by atoms with Gasteiger partial charge >= 0.3 is 0 Å². The largest absolute Gasteiger partial charge is 0.496 e. The van der Waals surface area contributed by atoms with Crippen molar-refractivity contribution in [3.63, 3.8) is 0 Å². The molecule has 0 radical (unpaired) electrons. The van der Waals surface area contributed by atoms with Gasteiger partial charge in [-0.25, -0.2) is 9.97 Å². The lowest BCUT2D eigenvalue weighted by atomic mass is 10.1. The average molecular weight is 377 g/mol. The molecule has 1 atom stereocenters. The van der Waals surface area contributed by atoms with Gasteiger partial charge in [-0.1, -0.05) is 0 Å². The second-order valence-electron chi connectivity index (χ2n) is 6.29. The third kappa shape index (κ3) is 3.87. The first-order valence-corrected chi connectivity index (χ1v) is 8.85. The Kier molecular flexibility index (Phi) is 5.03. The van der Waals surface area contributed by atoms with E-state index in [1.807, 2.05) is 30.3 Å². The maximum atomic E-state index is 8.78. The number of benzene rings is 1. The van der Waals surface area contributed by atoms with Crippen LogP contribution in [0.2, 0.25) is 0 Å². The highest BCUT2D eigenvalue weighted by atomic mass is 16.5. The molecule has 1 fully saturated rings. The topological polar surface area (TPSA) is 121 Å². The molecule has 3 aromatic rings. The average Bonchev–Trinajstić information content (AvgIpc) is 3.41. The van der Waals surface area contributed by atoms with Crippen molar-refractivity contribution >= 4 is 11.6 Å². The number of nitrogens with zero attached hydrogens (tertiary/aromatic N) is 4.